The van der Waals surface area contributed by atoms with Gasteiger partial charge in [0.25, 0.3) is 0 Å². The monoisotopic (exact) mass is 435 g/mol. The van der Waals surface area contributed by atoms with E-state index >= 15 is 0 Å². The third-order valence-corrected chi connectivity index (χ3v) is 8.38. The van der Waals surface area contributed by atoms with Crippen molar-refractivity contribution in [2.75, 3.05) is 18.5 Å². The summed E-state index contributed by atoms with van der Waals surface area (Å²) >= 11 is 6.45. The summed E-state index contributed by atoms with van der Waals surface area (Å²) in [7, 11) is 0. The smallest absolute Gasteiger partial charge is 0.311 e. The normalized spacial score (nSPS) is 38.4. The van der Waals surface area contributed by atoms with Crippen molar-refractivity contribution in [1.29, 1.82) is 0 Å². The highest BCUT2D eigenvalue weighted by Gasteiger charge is 2.73. The lowest BCUT2D eigenvalue weighted by Gasteiger charge is -2.33. The van der Waals surface area contributed by atoms with Gasteiger partial charge in [-0.1, -0.05) is 24.9 Å². The molecule has 1 aromatic carbocycles. The van der Waals surface area contributed by atoms with E-state index in [4.69, 9.17) is 21.1 Å². The maximum absolute atomic E-state index is 14.8. The Morgan fingerprint density at radius 1 is 1.23 bits per heavy atom. The topological polar surface area (TPSA) is 47.6 Å². The van der Waals surface area contributed by atoms with E-state index in [1.165, 1.54) is 31.7 Å². The number of esters is 1. The molecule has 6 atom stereocenters. The van der Waals surface area contributed by atoms with Gasteiger partial charge in [0.05, 0.1) is 29.8 Å². The standard InChI is InChI=1S/C24H31ClFNO3/c1-3-29-22(28)16-5-4-6-19(16)27-20-7-17(25)21(8-18(20)26)30-13-23(2)9-14-11-24(14)12-15(24)10-23/h7-8,14-16,19,27H,3-6,9-13H2,1-2H3/t14-,15+,16?,19?,23?,24?. The van der Waals surface area contributed by atoms with E-state index in [0.29, 0.717) is 29.7 Å². The van der Waals surface area contributed by atoms with Crippen LogP contribution in [-0.4, -0.2) is 25.2 Å². The van der Waals surface area contributed by atoms with Crippen molar-refractivity contribution >= 4 is 23.3 Å². The highest BCUT2D eigenvalue weighted by atomic mass is 35.5. The molecule has 5 rings (SSSR count). The van der Waals surface area contributed by atoms with Crippen LogP contribution in [0.5, 0.6) is 5.75 Å². The van der Waals surface area contributed by atoms with Gasteiger partial charge in [0.15, 0.2) is 0 Å². The van der Waals surface area contributed by atoms with Gasteiger partial charge in [0.1, 0.15) is 11.6 Å². The fourth-order valence-electron chi connectivity index (χ4n) is 6.36. The van der Waals surface area contributed by atoms with Crippen LogP contribution in [0, 0.1) is 34.4 Å². The summed E-state index contributed by atoms with van der Waals surface area (Å²) in [5, 5.41) is 3.58. The quantitative estimate of drug-likeness (QED) is 0.547. The lowest BCUT2D eigenvalue weighted by Crippen LogP contribution is -2.31. The van der Waals surface area contributed by atoms with E-state index in [-0.39, 0.29) is 23.3 Å². The Balaban J connectivity index is 1.23. The number of carbonyl (C=O) groups excluding carboxylic acids is 1. The number of rotatable bonds is 7. The largest absolute Gasteiger partial charge is 0.491 e. The van der Waals surface area contributed by atoms with E-state index < -0.39 is 5.82 Å². The van der Waals surface area contributed by atoms with Crippen LogP contribution in [-0.2, 0) is 9.53 Å². The summed E-state index contributed by atoms with van der Waals surface area (Å²) in [6, 6.07) is 2.83. The van der Waals surface area contributed by atoms with Gasteiger partial charge in [-0.05, 0) is 68.8 Å². The van der Waals surface area contributed by atoms with Crippen LogP contribution in [0.15, 0.2) is 12.1 Å². The summed E-state index contributed by atoms with van der Waals surface area (Å²) in [5.74, 6) is 1.29. The Hall–Kier alpha value is -1.49. The van der Waals surface area contributed by atoms with Crippen molar-refractivity contribution in [2.45, 2.75) is 64.8 Å². The van der Waals surface area contributed by atoms with Gasteiger partial charge in [-0.25, -0.2) is 4.39 Å². The number of ether oxygens (including phenoxy) is 2. The Bertz CT molecular complexity index is 841. The third-order valence-electron chi connectivity index (χ3n) is 8.08. The average Bonchev–Trinajstić information content (AvgIpc) is 3.50. The van der Waals surface area contributed by atoms with Gasteiger partial charge in [0.2, 0.25) is 0 Å². The van der Waals surface area contributed by atoms with Crippen LogP contribution >= 0.6 is 11.6 Å². The second kappa shape index (κ2) is 7.29. The predicted octanol–water partition coefficient (Wildman–Crippen LogP) is 5.83. The van der Waals surface area contributed by atoms with Gasteiger partial charge < -0.3 is 14.8 Å². The number of carbonyl (C=O) groups is 1. The van der Waals surface area contributed by atoms with Crippen LogP contribution in [0.4, 0.5) is 10.1 Å². The molecule has 6 heteroatoms. The number of nitrogens with one attached hydrogen (secondary N) is 1. The molecule has 0 saturated heterocycles. The molecular formula is C24H31ClFNO3. The molecule has 0 radical (unpaired) electrons. The molecule has 1 N–H and O–H groups in total. The van der Waals surface area contributed by atoms with E-state index in [1.54, 1.807) is 13.0 Å². The SMILES string of the molecule is CCOC(=O)C1CCCC1Nc1cc(Cl)c(OCC2(C)C[C@@H]3CC34C[C@@H]4C2)cc1F. The molecule has 4 aliphatic carbocycles. The highest BCUT2D eigenvalue weighted by molar-refractivity contribution is 6.32. The number of benzene rings is 1. The fraction of sp³-hybridized carbons (Fsp3) is 0.708. The lowest BCUT2D eigenvalue weighted by molar-refractivity contribution is -0.148. The molecule has 0 amide bonds. The second-order valence-electron chi connectivity index (χ2n) is 10.3. The summed E-state index contributed by atoms with van der Waals surface area (Å²) in [6.45, 7) is 5.03. The summed E-state index contributed by atoms with van der Waals surface area (Å²) in [4.78, 5) is 12.2. The second-order valence-corrected chi connectivity index (χ2v) is 10.8. The zero-order valence-electron chi connectivity index (χ0n) is 17.8. The number of hydrogen-bond acceptors (Lipinski definition) is 4. The maximum Gasteiger partial charge on any atom is 0.311 e. The molecule has 0 bridgehead atoms. The van der Waals surface area contributed by atoms with Crippen molar-refractivity contribution in [3.63, 3.8) is 0 Å². The van der Waals surface area contributed by atoms with Crippen molar-refractivity contribution in [3.05, 3.63) is 23.0 Å². The fourth-order valence-corrected chi connectivity index (χ4v) is 6.58. The van der Waals surface area contributed by atoms with Crippen LogP contribution in [0.25, 0.3) is 0 Å². The lowest BCUT2D eigenvalue weighted by atomic mass is 9.76. The third kappa shape index (κ3) is 3.57. The molecular weight excluding hydrogens is 405 g/mol. The summed E-state index contributed by atoms with van der Waals surface area (Å²) in [5.41, 5.74) is 1.19. The molecule has 164 valence electrons. The average molecular weight is 436 g/mol. The van der Waals surface area contributed by atoms with Crippen molar-refractivity contribution in [2.24, 2.45) is 28.6 Å². The van der Waals surface area contributed by atoms with E-state index in [1.807, 2.05) is 0 Å². The number of anilines is 1. The first-order chi connectivity index (χ1) is 14.3. The Morgan fingerprint density at radius 2 is 1.97 bits per heavy atom. The molecule has 0 aromatic heterocycles. The Kier molecular flexibility index (Phi) is 4.96. The minimum absolute atomic E-state index is 0.139. The molecule has 4 unspecified atom stereocenters. The first kappa shape index (κ1) is 20.4. The van der Waals surface area contributed by atoms with Gasteiger partial charge in [0, 0.05) is 17.5 Å². The van der Waals surface area contributed by atoms with Crippen LogP contribution in [0.2, 0.25) is 5.02 Å². The van der Waals surface area contributed by atoms with E-state index in [2.05, 4.69) is 12.2 Å². The van der Waals surface area contributed by atoms with Crippen molar-refractivity contribution in [3.8, 4) is 5.75 Å². The van der Waals surface area contributed by atoms with Gasteiger partial charge in [-0.15, -0.1) is 0 Å². The first-order valence-electron chi connectivity index (χ1n) is 11.4. The Morgan fingerprint density at radius 3 is 2.67 bits per heavy atom. The highest BCUT2D eigenvalue weighted by Crippen LogP contribution is 2.81. The van der Waals surface area contributed by atoms with Crippen molar-refractivity contribution < 1.29 is 18.7 Å². The van der Waals surface area contributed by atoms with Crippen LogP contribution in [0.1, 0.15) is 58.8 Å². The molecule has 4 aliphatic rings. The molecule has 0 aliphatic heterocycles. The minimum atomic E-state index is -0.402. The minimum Gasteiger partial charge on any atom is -0.491 e. The molecule has 1 aromatic rings. The molecule has 4 saturated carbocycles. The van der Waals surface area contributed by atoms with Crippen LogP contribution in [0.3, 0.4) is 0 Å². The summed E-state index contributed by atoms with van der Waals surface area (Å²) in [6.07, 6.45) is 7.70. The molecule has 1 spiro atoms. The number of halogens is 2. The Labute approximate surface area is 182 Å². The number of hydrogen-bond donors (Lipinski definition) is 1. The zero-order valence-corrected chi connectivity index (χ0v) is 18.6. The van der Waals surface area contributed by atoms with E-state index in [9.17, 15) is 9.18 Å². The van der Waals surface area contributed by atoms with Crippen LogP contribution < -0.4 is 10.1 Å². The van der Waals surface area contributed by atoms with Gasteiger partial charge in [-0.2, -0.15) is 0 Å². The molecule has 4 fully saturated rings. The summed E-state index contributed by atoms with van der Waals surface area (Å²) < 4.78 is 26.0. The molecule has 0 heterocycles. The maximum atomic E-state index is 14.8. The predicted molar refractivity (Wildman–Crippen MR) is 114 cm³/mol. The zero-order chi connectivity index (χ0) is 21.1. The molecule has 4 nitrogen and oxygen atoms in total. The molecule has 30 heavy (non-hydrogen) atoms. The van der Waals surface area contributed by atoms with Crippen molar-refractivity contribution in [1.82, 2.24) is 0 Å². The van der Waals surface area contributed by atoms with Gasteiger partial charge in [-0.3, -0.25) is 4.79 Å². The van der Waals surface area contributed by atoms with E-state index in [0.717, 1.165) is 36.5 Å². The van der Waals surface area contributed by atoms with Gasteiger partial charge >= 0.3 is 5.97 Å². The first-order valence-corrected chi connectivity index (χ1v) is 11.8.